The molecule has 1 aromatic heterocycles. The first kappa shape index (κ1) is 19.5. The number of hydrogen-bond donors (Lipinski definition) is 0. The minimum atomic E-state index is -0.205. The smallest absolute Gasteiger partial charge is 0.123 e. The molecule has 1 fully saturated rings. The second kappa shape index (κ2) is 9.59. The van der Waals surface area contributed by atoms with Gasteiger partial charge in [0.05, 0.1) is 11.7 Å². The van der Waals surface area contributed by atoms with Crippen LogP contribution in [-0.4, -0.2) is 47.5 Å². The lowest BCUT2D eigenvalue weighted by Gasteiger charge is -2.39. The number of benzene rings is 2. The number of piperazine rings is 1. The van der Waals surface area contributed by atoms with Crippen LogP contribution in [0.25, 0.3) is 6.08 Å². The van der Waals surface area contributed by atoms with Gasteiger partial charge in [0.2, 0.25) is 0 Å². The molecule has 2 aromatic carbocycles. The maximum absolute atomic E-state index is 13.4. The van der Waals surface area contributed by atoms with Gasteiger partial charge >= 0.3 is 0 Å². The topological polar surface area (TPSA) is 19.4 Å². The molecule has 0 saturated carbocycles. The average Bonchev–Trinajstić information content (AvgIpc) is 2.78. The molecule has 1 aliphatic rings. The largest absolute Gasteiger partial charge is 0.297 e. The normalized spacial score (nSPS) is 16.9. The first-order valence-electron chi connectivity index (χ1n) is 10.1. The van der Waals surface area contributed by atoms with Gasteiger partial charge in [0.15, 0.2) is 0 Å². The molecular formula is C25H26FN3. The third-order valence-electron chi connectivity index (χ3n) is 5.40. The van der Waals surface area contributed by atoms with Crippen LogP contribution < -0.4 is 0 Å². The van der Waals surface area contributed by atoms with Gasteiger partial charge < -0.3 is 0 Å². The first-order valence-corrected chi connectivity index (χ1v) is 10.1. The van der Waals surface area contributed by atoms with Crippen molar-refractivity contribution in [2.24, 2.45) is 0 Å². The minimum absolute atomic E-state index is 0.0545. The van der Waals surface area contributed by atoms with Gasteiger partial charge in [-0.3, -0.25) is 14.8 Å². The van der Waals surface area contributed by atoms with Gasteiger partial charge in [-0.2, -0.15) is 0 Å². The Hall–Kier alpha value is -2.82. The molecule has 0 spiro atoms. The Morgan fingerprint density at radius 1 is 0.862 bits per heavy atom. The Bertz CT molecular complexity index is 902. The summed E-state index contributed by atoms with van der Waals surface area (Å²) in [7, 11) is 0. The number of rotatable bonds is 6. The van der Waals surface area contributed by atoms with Crippen LogP contribution in [0.2, 0.25) is 0 Å². The summed E-state index contributed by atoms with van der Waals surface area (Å²) in [6, 6.07) is 23.3. The Balaban J connectivity index is 1.41. The van der Waals surface area contributed by atoms with E-state index in [0.717, 1.165) is 44.0 Å². The monoisotopic (exact) mass is 387 g/mol. The molecule has 1 atom stereocenters. The maximum atomic E-state index is 13.4. The molecule has 1 saturated heterocycles. The zero-order valence-electron chi connectivity index (χ0n) is 16.5. The number of nitrogens with zero attached hydrogens (tertiary/aromatic N) is 3. The molecule has 0 amide bonds. The van der Waals surface area contributed by atoms with Crippen LogP contribution in [0.3, 0.4) is 0 Å². The van der Waals surface area contributed by atoms with E-state index < -0.39 is 0 Å². The summed E-state index contributed by atoms with van der Waals surface area (Å²) in [4.78, 5) is 9.51. The highest BCUT2D eigenvalue weighted by Crippen LogP contribution is 2.28. The Morgan fingerprint density at radius 3 is 2.28 bits per heavy atom. The van der Waals surface area contributed by atoms with E-state index in [2.05, 4.69) is 57.3 Å². The lowest BCUT2D eigenvalue weighted by Crippen LogP contribution is -2.47. The fourth-order valence-corrected chi connectivity index (χ4v) is 3.86. The van der Waals surface area contributed by atoms with Crippen molar-refractivity contribution in [1.29, 1.82) is 0 Å². The molecule has 0 aliphatic carbocycles. The average molecular weight is 388 g/mol. The highest BCUT2D eigenvalue weighted by molar-refractivity contribution is 5.48. The van der Waals surface area contributed by atoms with Crippen LogP contribution in [0.4, 0.5) is 4.39 Å². The van der Waals surface area contributed by atoms with Crippen molar-refractivity contribution in [2.45, 2.75) is 6.04 Å². The SMILES string of the molecule is Fc1ccc(C(c2ccccn2)N2CCN(C/C=C/c3ccccc3)CC2)cc1. The van der Waals surface area contributed by atoms with Gasteiger partial charge in [-0.05, 0) is 35.4 Å². The molecule has 4 rings (SSSR count). The van der Waals surface area contributed by atoms with Crippen molar-refractivity contribution in [3.8, 4) is 0 Å². The van der Waals surface area contributed by atoms with Crippen LogP contribution in [-0.2, 0) is 0 Å². The predicted octanol–water partition coefficient (Wildman–Crippen LogP) is 4.64. The summed E-state index contributed by atoms with van der Waals surface area (Å²) in [6.07, 6.45) is 6.25. The Labute approximate surface area is 172 Å². The lowest BCUT2D eigenvalue weighted by molar-refractivity contribution is 0.116. The molecular weight excluding hydrogens is 361 g/mol. The third kappa shape index (κ3) is 5.17. The summed E-state index contributed by atoms with van der Waals surface area (Å²) in [5.74, 6) is -0.205. The molecule has 0 bridgehead atoms. The van der Waals surface area contributed by atoms with E-state index >= 15 is 0 Å². The van der Waals surface area contributed by atoms with Gasteiger partial charge in [0.25, 0.3) is 0 Å². The van der Waals surface area contributed by atoms with E-state index in [-0.39, 0.29) is 11.9 Å². The Kier molecular flexibility index (Phi) is 6.45. The van der Waals surface area contributed by atoms with Crippen LogP contribution in [0, 0.1) is 5.82 Å². The molecule has 148 valence electrons. The highest BCUT2D eigenvalue weighted by Gasteiger charge is 2.26. The van der Waals surface area contributed by atoms with Crippen molar-refractivity contribution < 1.29 is 4.39 Å². The zero-order chi connectivity index (χ0) is 19.9. The van der Waals surface area contributed by atoms with Crippen LogP contribution >= 0.6 is 0 Å². The van der Waals surface area contributed by atoms with Gasteiger partial charge in [-0.1, -0.05) is 60.7 Å². The van der Waals surface area contributed by atoms with E-state index in [0.29, 0.717) is 0 Å². The van der Waals surface area contributed by atoms with Gasteiger partial charge in [0.1, 0.15) is 5.82 Å². The summed E-state index contributed by atoms with van der Waals surface area (Å²) < 4.78 is 13.4. The van der Waals surface area contributed by atoms with Crippen molar-refractivity contribution >= 4 is 6.08 Å². The summed E-state index contributed by atoms with van der Waals surface area (Å²) in [6.45, 7) is 4.87. The molecule has 1 aliphatic heterocycles. The van der Waals surface area contributed by atoms with E-state index in [1.807, 2.05) is 36.5 Å². The standard InChI is InChI=1S/C25H26FN3/c26-23-13-11-22(12-14-23)25(24-10-4-5-15-27-24)29-19-17-28(18-20-29)16-6-9-21-7-2-1-3-8-21/h1-15,25H,16-20H2/b9-6+. The van der Waals surface area contributed by atoms with E-state index in [1.54, 1.807) is 0 Å². The predicted molar refractivity (Wildman–Crippen MR) is 116 cm³/mol. The number of halogens is 1. The molecule has 2 heterocycles. The summed E-state index contributed by atoms with van der Waals surface area (Å²) in [5.41, 5.74) is 3.33. The zero-order valence-corrected chi connectivity index (χ0v) is 16.5. The van der Waals surface area contributed by atoms with Crippen molar-refractivity contribution in [2.75, 3.05) is 32.7 Å². The quantitative estimate of drug-likeness (QED) is 0.614. The van der Waals surface area contributed by atoms with Gasteiger partial charge in [-0.25, -0.2) is 4.39 Å². The van der Waals surface area contributed by atoms with E-state index in [9.17, 15) is 4.39 Å². The van der Waals surface area contributed by atoms with Gasteiger partial charge in [-0.15, -0.1) is 0 Å². The fraction of sp³-hybridized carbons (Fsp3) is 0.240. The first-order chi connectivity index (χ1) is 14.3. The molecule has 3 aromatic rings. The summed E-state index contributed by atoms with van der Waals surface area (Å²) >= 11 is 0. The van der Waals surface area contributed by atoms with Crippen LogP contribution in [0.15, 0.2) is 85.1 Å². The van der Waals surface area contributed by atoms with Crippen LogP contribution in [0.1, 0.15) is 22.9 Å². The highest BCUT2D eigenvalue weighted by atomic mass is 19.1. The molecule has 1 unspecified atom stereocenters. The second-order valence-electron chi connectivity index (χ2n) is 7.36. The molecule has 29 heavy (non-hydrogen) atoms. The lowest BCUT2D eigenvalue weighted by atomic mass is 10.00. The van der Waals surface area contributed by atoms with Crippen molar-refractivity contribution in [1.82, 2.24) is 14.8 Å². The van der Waals surface area contributed by atoms with Crippen LogP contribution in [0.5, 0.6) is 0 Å². The Morgan fingerprint density at radius 2 is 1.59 bits per heavy atom. The summed E-state index contributed by atoms with van der Waals surface area (Å²) in [5, 5.41) is 0. The minimum Gasteiger partial charge on any atom is -0.297 e. The fourth-order valence-electron chi connectivity index (χ4n) is 3.86. The molecule has 4 heteroatoms. The number of pyridine rings is 1. The second-order valence-corrected chi connectivity index (χ2v) is 7.36. The number of hydrogen-bond acceptors (Lipinski definition) is 3. The van der Waals surface area contributed by atoms with E-state index in [1.165, 1.54) is 17.7 Å². The number of aromatic nitrogens is 1. The van der Waals surface area contributed by atoms with Crippen molar-refractivity contribution in [3.05, 3.63) is 108 Å². The van der Waals surface area contributed by atoms with E-state index in [4.69, 9.17) is 0 Å². The van der Waals surface area contributed by atoms with Gasteiger partial charge in [0, 0.05) is 38.9 Å². The van der Waals surface area contributed by atoms with Crippen molar-refractivity contribution in [3.63, 3.8) is 0 Å². The molecule has 3 nitrogen and oxygen atoms in total. The molecule has 0 N–H and O–H groups in total. The third-order valence-corrected chi connectivity index (χ3v) is 5.40. The maximum Gasteiger partial charge on any atom is 0.123 e. The molecule has 0 radical (unpaired) electrons.